The van der Waals surface area contributed by atoms with Gasteiger partial charge in [0.25, 0.3) is 0 Å². The number of hydrogen-bond donors (Lipinski definition) is 3. The second-order valence-electron chi connectivity index (χ2n) is 7.92. The molecule has 34 heavy (non-hydrogen) atoms. The minimum absolute atomic E-state index is 0.168. The summed E-state index contributed by atoms with van der Waals surface area (Å²) in [5, 5.41) is 10.7. The fraction of sp³-hybridized carbons (Fsp3) is 0.280. The Morgan fingerprint density at radius 3 is 2.26 bits per heavy atom. The van der Waals surface area contributed by atoms with Crippen molar-refractivity contribution in [3.63, 3.8) is 0 Å². The molecule has 1 saturated heterocycles. The largest absolute Gasteiger partial charge is 0.507 e. The fourth-order valence-corrected chi connectivity index (χ4v) is 4.17. The normalized spacial score (nSPS) is 20.2. The van der Waals surface area contributed by atoms with Gasteiger partial charge in [-0.25, -0.2) is 10.9 Å². The third-order valence-corrected chi connectivity index (χ3v) is 5.84. The first kappa shape index (κ1) is 23.7. The smallest absolute Gasteiger partial charge is 0.405 e. The van der Waals surface area contributed by atoms with Crippen LogP contribution in [0.15, 0.2) is 66.7 Å². The van der Waals surface area contributed by atoms with E-state index in [0.717, 1.165) is 5.56 Å². The third-order valence-electron chi connectivity index (χ3n) is 5.84. The average Bonchev–Trinajstić information content (AvgIpc) is 3.28. The van der Waals surface area contributed by atoms with E-state index in [1.807, 2.05) is 30.3 Å². The molecule has 6 nitrogen and oxygen atoms in total. The summed E-state index contributed by atoms with van der Waals surface area (Å²) in [7, 11) is 2.88. The van der Waals surface area contributed by atoms with Crippen molar-refractivity contribution >= 4 is 0 Å². The first-order valence-electron chi connectivity index (χ1n) is 10.6. The van der Waals surface area contributed by atoms with Gasteiger partial charge in [0.15, 0.2) is 11.5 Å². The summed E-state index contributed by atoms with van der Waals surface area (Å²) in [6.45, 7) is 0.299. The van der Waals surface area contributed by atoms with E-state index >= 15 is 0 Å². The number of benzene rings is 3. The van der Waals surface area contributed by atoms with Crippen molar-refractivity contribution in [3.05, 3.63) is 83.4 Å². The van der Waals surface area contributed by atoms with Crippen LogP contribution in [0.2, 0.25) is 0 Å². The molecule has 0 aromatic heterocycles. The molecule has 9 heteroatoms. The van der Waals surface area contributed by atoms with Crippen LogP contribution in [0.1, 0.15) is 28.7 Å². The Balaban J connectivity index is 1.64. The Labute approximate surface area is 195 Å². The Kier molecular flexibility index (Phi) is 6.85. The van der Waals surface area contributed by atoms with E-state index in [0.29, 0.717) is 35.0 Å². The Bertz CT molecular complexity index is 1120. The number of aromatic hydroxyl groups is 1. The summed E-state index contributed by atoms with van der Waals surface area (Å²) in [5.41, 5.74) is 6.72. The highest BCUT2D eigenvalue weighted by Crippen LogP contribution is 2.47. The summed E-state index contributed by atoms with van der Waals surface area (Å²) in [4.78, 5) is 0. The van der Waals surface area contributed by atoms with Crippen LogP contribution in [-0.4, -0.2) is 31.5 Å². The number of hydrazine groups is 1. The lowest BCUT2D eigenvalue weighted by atomic mass is 9.83. The lowest BCUT2D eigenvalue weighted by Crippen LogP contribution is -2.43. The van der Waals surface area contributed by atoms with Crippen LogP contribution < -0.4 is 25.1 Å². The summed E-state index contributed by atoms with van der Waals surface area (Å²) in [6.07, 6.45) is -4.53. The fourth-order valence-electron chi connectivity index (χ4n) is 4.17. The molecule has 3 aromatic carbocycles. The average molecular weight is 474 g/mol. The number of phenolic OH excluding ortho intramolecular Hbond substituents is 1. The highest BCUT2D eigenvalue weighted by Gasteiger charge is 2.52. The zero-order chi connectivity index (χ0) is 24.3. The van der Waals surface area contributed by atoms with Crippen LogP contribution >= 0.6 is 0 Å². The SMILES string of the molecule is COc1ccc(C2C(c3ccc(OCc4ccccc4)cc3O)NNC2C(F)(F)F)cc1OC. The highest BCUT2D eigenvalue weighted by atomic mass is 19.4. The van der Waals surface area contributed by atoms with Crippen LogP contribution in [0.5, 0.6) is 23.0 Å². The van der Waals surface area contributed by atoms with Gasteiger partial charge in [-0.3, -0.25) is 0 Å². The molecule has 3 atom stereocenters. The van der Waals surface area contributed by atoms with Gasteiger partial charge >= 0.3 is 6.18 Å². The maximum atomic E-state index is 13.9. The first-order valence-corrected chi connectivity index (χ1v) is 10.6. The standard InChI is InChI=1S/C25H25F3N2O4/c1-32-20-11-8-16(12-21(20)33-2)22-23(29-30-24(22)25(26,27)28)18-10-9-17(13-19(18)31)34-14-15-6-4-3-5-7-15/h3-13,22-24,29-31H,14H2,1-2H3. The van der Waals surface area contributed by atoms with Gasteiger partial charge in [0.05, 0.1) is 20.3 Å². The molecule has 0 amide bonds. The van der Waals surface area contributed by atoms with Gasteiger partial charge in [-0.1, -0.05) is 42.5 Å². The van der Waals surface area contributed by atoms with Crippen LogP contribution in [0, 0.1) is 0 Å². The summed E-state index contributed by atoms with van der Waals surface area (Å²) < 4.78 is 57.9. The van der Waals surface area contributed by atoms with E-state index in [9.17, 15) is 18.3 Å². The lowest BCUT2D eigenvalue weighted by Gasteiger charge is -2.26. The molecule has 4 rings (SSSR count). The summed E-state index contributed by atoms with van der Waals surface area (Å²) in [6, 6.07) is 16.0. The molecular weight excluding hydrogens is 449 g/mol. The maximum Gasteiger partial charge on any atom is 0.405 e. The molecule has 0 radical (unpaired) electrons. The van der Waals surface area contributed by atoms with E-state index in [1.54, 1.807) is 24.3 Å². The molecule has 0 aliphatic carbocycles. The minimum Gasteiger partial charge on any atom is -0.507 e. The van der Waals surface area contributed by atoms with Gasteiger partial charge in [0.1, 0.15) is 24.1 Å². The number of nitrogens with one attached hydrogen (secondary N) is 2. The van der Waals surface area contributed by atoms with Crippen molar-refractivity contribution in [2.45, 2.75) is 30.8 Å². The van der Waals surface area contributed by atoms with Gasteiger partial charge in [-0.2, -0.15) is 13.2 Å². The molecule has 1 fully saturated rings. The molecular formula is C25H25F3N2O4. The first-order chi connectivity index (χ1) is 16.3. The highest BCUT2D eigenvalue weighted by molar-refractivity contribution is 5.48. The van der Waals surface area contributed by atoms with E-state index < -0.39 is 24.2 Å². The third kappa shape index (κ3) is 4.90. The summed E-state index contributed by atoms with van der Waals surface area (Å²) >= 11 is 0. The Morgan fingerprint density at radius 1 is 0.882 bits per heavy atom. The molecule has 1 heterocycles. The van der Waals surface area contributed by atoms with Gasteiger partial charge in [-0.15, -0.1) is 0 Å². The van der Waals surface area contributed by atoms with Crippen molar-refractivity contribution in [2.24, 2.45) is 0 Å². The van der Waals surface area contributed by atoms with E-state index in [4.69, 9.17) is 14.2 Å². The molecule has 3 N–H and O–H groups in total. The van der Waals surface area contributed by atoms with Crippen molar-refractivity contribution in [1.82, 2.24) is 10.9 Å². The van der Waals surface area contributed by atoms with Gasteiger partial charge in [0, 0.05) is 17.5 Å². The zero-order valence-corrected chi connectivity index (χ0v) is 18.6. The molecule has 0 saturated carbocycles. The van der Waals surface area contributed by atoms with Gasteiger partial charge in [-0.05, 0) is 29.3 Å². The molecule has 3 unspecified atom stereocenters. The topological polar surface area (TPSA) is 72.0 Å². The molecule has 3 aromatic rings. The molecule has 0 spiro atoms. The number of phenols is 1. The molecule has 1 aliphatic heterocycles. The maximum absolute atomic E-state index is 13.9. The van der Waals surface area contributed by atoms with Crippen molar-refractivity contribution < 1.29 is 32.5 Å². The van der Waals surface area contributed by atoms with E-state index in [1.165, 1.54) is 26.4 Å². The van der Waals surface area contributed by atoms with Crippen LogP contribution in [0.3, 0.4) is 0 Å². The monoisotopic (exact) mass is 474 g/mol. The number of hydrogen-bond acceptors (Lipinski definition) is 6. The number of halogens is 3. The predicted octanol–water partition coefficient (Wildman–Crippen LogP) is 4.85. The predicted molar refractivity (Wildman–Crippen MR) is 120 cm³/mol. The molecule has 1 aliphatic rings. The van der Waals surface area contributed by atoms with E-state index in [2.05, 4.69) is 10.9 Å². The second-order valence-corrected chi connectivity index (χ2v) is 7.92. The lowest BCUT2D eigenvalue weighted by molar-refractivity contribution is -0.156. The van der Waals surface area contributed by atoms with Crippen LogP contribution in [0.4, 0.5) is 13.2 Å². The van der Waals surface area contributed by atoms with Gasteiger partial charge < -0.3 is 19.3 Å². The van der Waals surface area contributed by atoms with Crippen LogP contribution in [0.25, 0.3) is 0 Å². The molecule has 0 bridgehead atoms. The number of rotatable bonds is 7. The second kappa shape index (κ2) is 9.82. The quantitative estimate of drug-likeness (QED) is 0.455. The Morgan fingerprint density at radius 2 is 1.62 bits per heavy atom. The Hall–Kier alpha value is -3.43. The van der Waals surface area contributed by atoms with E-state index in [-0.39, 0.29) is 5.75 Å². The van der Waals surface area contributed by atoms with Gasteiger partial charge in [0.2, 0.25) is 0 Å². The molecule has 180 valence electrons. The van der Waals surface area contributed by atoms with Crippen LogP contribution in [-0.2, 0) is 6.61 Å². The number of methoxy groups -OCH3 is 2. The van der Waals surface area contributed by atoms with Crippen molar-refractivity contribution in [2.75, 3.05) is 14.2 Å². The van der Waals surface area contributed by atoms with Crippen molar-refractivity contribution in [1.29, 1.82) is 0 Å². The number of alkyl halides is 3. The summed E-state index contributed by atoms with van der Waals surface area (Å²) in [5.74, 6) is -0.112. The zero-order valence-electron chi connectivity index (χ0n) is 18.6. The number of ether oxygens (including phenoxy) is 3. The van der Waals surface area contributed by atoms with Crippen molar-refractivity contribution in [3.8, 4) is 23.0 Å². The minimum atomic E-state index is -4.53.